The molecule has 182 valence electrons. The van der Waals surface area contributed by atoms with Crippen molar-refractivity contribution in [3.8, 4) is 5.75 Å². The van der Waals surface area contributed by atoms with Crippen LogP contribution in [-0.4, -0.2) is 40.3 Å². The van der Waals surface area contributed by atoms with Crippen LogP contribution in [0.5, 0.6) is 5.75 Å². The molecule has 2 aromatic heterocycles. The Kier molecular flexibility index (Phi) is 6.64. The highest BCUT2D eigenvalue weighted by Gasteiger charge is 2.26. The fourth-order valence-electron chi connectivity index (χ4n) is 3.99. The van der Waals surface area contributed by atoms with E-state index in [9.17, 15) is 9.59 Å². The van der Waals surface area contributed by atoms with E-state index in [2.05, 4.69) is 15.6 Å². The van der Waals surface area contributed by atoms with E-state index in [0.717, 1.165) is 27.4 Å². The summed E-state index contributed by atoms with van der Waals surface area (Å²) in [6, 6.07) is 14.5. The maximum absolute atomic E-state index is 13.4. The molecule has 2 amide bonds. The minimum atomic E-state index is -0.859. The number of ether oxygens (including phenoxy) is 2. The molecule has 4 rings (SSSR count). The summed E-state index contributed by atoms with van der Waals surface area (Å²) in [4.78, 5) is 30.4. The number of hydrogen-bond acceptors (Lipinski definition) is 5. The number of alkyl carbamates (subject to hydrolysis) is 1. The molecule has 1 atom stereocenters. The van der Waals surface area contributed by atoms with Crippen LogP contribution in [0.3, 0.4) is 0 Å². The maximum atomic E-state index is 13.4. The third kappa shape index (κ3) is 5.71. The van der Waals surface area contributed by atoms with Crippen LogP contribution in [0, 0.1) is 0 Å². The number of carbonyl (C=O) groups excluding carboxylic acids is 2. The molecule has 0 aliphatic rings. The van der Waals surface area contributed by atoms with Gasteiger partial charge in [0.05, 0.1) is 24.5 Å². The molecular weight excluding hydrogens is 444 g/mol. The van der Waals surface area contributed by atoms with Crippen molar-refractivity contribution in [2.75, 3.05) is 12.4 Å². The van der Waals surface area contributed by atoms with Gasteiger partial charge in [-0.15, -0.1) is 0 Å². The molecule has 2 aromatic carbocycles. The Balaban J connectivity index is 1.60. The first-order valence-electron chi connectivity index (χ1n) is 11.4. The van der Waals surface area contributed by atoms with Gasteiger partial charge in [0.25, 0.3) is 0 Å². The lowest BCUT2D eigenvalue weighted by molar-refractivity contribution is -0.118. The third-order valence-electron chi connectivity index (χ3n) is 5.57. The number of methoxy groups -OCH3 is 1. The van der Waals surface area contributed by atoms with E-state index < -0.39 is 17.7 Å². The Morgan fingerprint density at radius 2 is 1.89 bits per heavy atom. The number of aryl methyl sites for hydroxylation is 1. The number of para-hydroxylation sites is 1. The van der Waals surface area contributed by atoms with E-state index in [0.29, 0.717) is 17.9 Å². The summed E-state index contributed by atoms with van der Waals surface area (Å²) in [5.41, 5.74) is 2.59. The molecule has 0 saturated heterocycles. The molecule has 8 heteroatoms. The molecule has 0 saturated carbocycles. The van der Waals surface area contributed by atoms with Crippen molar-refractivity contribution in [3.63, 3.8) is 0 Å². The Bertz CT molecular complexity index is 1390. The molecular formula is C27H30N4O4. The van der Waals surface area contributed by atoms with Gasteiger partial charge in [-0.05, 0) is 50.6 Å². The number of carbonyl (C=O) groups is 2. The first-order valence-corrected chi connectivity index (χ1v) is 11.4. The zero-order chi connectivity index (χ0) is 25.2. The topological polar surface area (TPSA) is 94.5 Å². The van der Waals surface area contributed by atoms with E-state index in [1.165, 1.54) is 0 Å². The van der Waals surface area contributed by atoms with Crippen molar-refractivity contribution in [1.29, 1.82) is 0 Å². The highest BCUT2D eigenvalue weighted by Crippen LogP contribution is 2.24. The molecule has 0 aliphatic heterocycles. The van der Waals surface area contributed by atoms with Gasteiger partial charge in [0.15, 0.2) is 0 Å². The molecule has 2 N–H and O–H groups in total. The van der Waals surface area contributed by atoms with Gasteiger partial charge in [0.2, 0.25) is 5.91 Å². The van der Waals surface area contributed by atoms with Gasteiger partial charge in [-0.2, -0.15) is 0 Å². The average Bonchev–Trinajstić information content (AvgIpc) is 3.12. The van der Waals surface area contributed by atoms with E-state index >= 15 is 0 Å². The van der Waals surface area contributed by atoms with Gasteiger partial charge in [-0.25, -0.2) is 4.79 Å². The highest BCUT2D eigenvalue weighted by atomic mass is 16.6. The monoisotopic (exact) mass is 474 g/mol. The molecule has 0 fully saturated rings. The molecule has 35 heavy (non-hydrogen) atoms. The van der Waals surface area contributed by atoms with Crippen molar-refractivity contribution in [3.05, 3.63) is 66.5 Å². The number of amides is 2. The van der Waals surface area contributed by atoms with Crippen molar-refractivity contribution in [2.24, 2.45) is 7.05 Å². The lowest BCUT2D eigenvalue weighted by atomic mass is 10.0. The average molecular weight is 475 g/mol. The second kappa shape index (κ2) is 9.66. The van der Waals surface area contributed by atoms with E-state index in [4.69, 9.17) is 9.47 Å². The Morgan fingerprint density at radius 3 is 2.63 bits per heavy atom. The van der Waals surface area contributed by atoms with E-state index in [-0.39, 0.29) is 5.91 Å². The Labute approximate surface area is 204 Å². The van der Waals surface area contributed by atoms with Gasteiger partial charge in [-0.3, -0.25) is 9.78 Å². The number of nitrogens with zero attached hydrogens (tertiary/aromatic N) is 2. The molecule has 2 heterocycles. The van der Waals surface area contributed by atoms with Crippen LogP contribution in [0.2, 0.25) is 0 Å². The number of fused-ring (bicyclic) bond motifs is 2. The molecule has 8 nitrogen and oxygen atoms in total. The number of benzene rings is 2. The van der Waals surface area contributed by atoms with Crippen LogP contribution in [0.25, 0.3) is 21.8 Å². The van der Waals surface area contributed by atoms with Crippen LogP contribution in [-0.2, 0) is 23.0 Å². The summed E-state index contributed by atoms with van der Waals surface area (Å²) in [6.07, 6.45) is 3.21. The summed E-state index contributed by atoms with van der Waals surface area (Å²) in [5, 5.41) is 7.53. The first-order chi connectivity index (χ1) is 16.6. The number of rotatable bonds is 6. The fourth-order valence-corrected chi connectivity index (χ4v) is 3.99. The number of nitrogens with one attached hydrogen (secondary N) is 2. The van der Waals surface area contributed by atoms with Gasteiger partial charge < -0.3 is 24.7 Å². The van der Waals surface area contributed by atoms with Crippen molar-refractivity contribution >= 4 is 39.5 Å². The molecule has 4 aromatic rings. The molecule has 0 unspecified atom stereocenters. The highest BCUT2D eigenvalue weighted by molar-refractivity contribution is 5.98. The summed E-state index contributed by atoms with van der Waals surface area (Å²) in [5.74, 6) is 0.344. The summed E-state index contributed by atoms with van der Waals surface area (Å²) in [6.45, 7) is 5.34. The van der Waals surface area contributed by atoms with Crippen LogP contribution < -0.4 is 15.4 Å². The number of hydrogen-bond donors (Lipinski definition) is 2. The van der Waals surface area contributed by atoms with Crippen LogP contribution in [0.4, 0.5) is 10.5 Å². The minimum absolute atomic E-state index is 0.296. The molecule has 0 aliphatic carbocycles. The molecule has 0 spiro atoms. The maximum Gasteiger partial charge on any atom is 0.408 e. The smallest absolute Gasteiger partial charge is 0.408 e. The van der Waals surface area contributed by atoms with Crippen molar-refractivity contribution in [2.45, 2.75) is 38.8 Å². The van der Waals surface area contributed by atoms with E-state index in [1.807, 2.05) is 66.3 Å². The summed E-state index contributed by atoms with van der Waals surface area (Å²) < 4.78 is 12.7. The number of pyridine rings is 1. The predicted octanol–water partition coefficient (Wildman–Crippen LogP) is 4.81. The fraction of sp³-hybridized carbons (Fsp3) is 0.296. The molecule has 0 bridgehead atoms. The normalized spacial score (nSPS) is 12.4. The predicted molar refractivity (Wildman–Crippen MR) is 137 cm³/mol. The van der Waals surface area contributed by atoms with Crippen LogP contribution in [0.15, 0.2) is 60.9 Å². The van der Waals surface area contributed by atoms with Gasteiger partial charge >= 0.3 is 6.09 Å². The second-order valence-corrected chi connectivity index (χ2v) is 9.46. The Hall–Kier alpha value is -4.07. The Morgan fingerprint density at radius 1 is 1.11 bits per heavy atom. The third-order valence-corrected chi connectivity index (χ3v) is 5.57. The number of aromatic nitrogens is 2. The zero-order valence-corrected chi connectivity index (χ0v) is 20.6. The summed E-state index contributed by atoms with van der Waals surface area (Å²) in [7, 11) is 3.56. The summed E-state index contributed by atoms with van der Waals surface area (Å²) >= 11 is 0. The van der Waals surface area contributed by atoms with Gasteiger partial charge in [0.1, 0.15) is 17.4 Å². The largest absolute Gasteiger partial charge is 0.497 e. The molecule has 0 radical (unpaired) electrons. The lowest BCUT2D eigenvalue weighted by Gasteiger charge is -2.23. The SMILES string of the molecule is COc1ccc2cc(NC(=O)[C@@H](Cc3cn(C)c4ccccc34)NC(=O)OC(C)(C)C)cnc2c1. The van der Waals surface area contributed by atoms with Crippen LogP contribution >= 0.6 is 0 Å². The first kappa shape index (κ1) is 24.1. The van der Waals surface area contributed by atoms with Crippen molar-refractivity contribution in [1.82, 2.24) is 14.9 Å². The van der Waals surface area contributed by atoms with E-state index in [1.54, 1.807) is 34.1 Å². The second-order valence-electron chi connectivity index (χ2n) is 9.46. The quantitative estimate of drug-likeness (QED) is 0.418. The standard InChI is InChI=1S/C27H30N4O4/c1-27(2,3)35-26(33)30-23(13-18-16-31(4)24-9-7-6-8-21(18)24)25(32)29-19-12-17-10-11-20(34-5)14-22(17)28-15-19/h6-12,14-16,23H,13H2,1-5H3,(H,29,32)(H,30,33)/t23-/m1/s1. The van der Waals surface area contributed by atoms with Crippen molar-refractivity contribution < 1.29 is 19.1 Å². The van der Waals surface area contributed by atoms with Crippen LogP contribution in [0.1, 0.15) is 26.3 Å². The zero-order valence-electron chi connectivity index (χ0n) is 20.6. The van der Waals surface area contributed by atoms with Gasteiger partial charge in [-0.1, -0.05) is 18.2 Å². The lowest BCUT2D eigenvalue weighted by Crippen LogP contribution is -2.47. The minimum Gasteiger partial charge on any atom is -0.497 e. The number of anilines is 1. The van der Waals surface area contributed by atoms with Gasteiger partial charge in [0, 0.05) is 42.0 Å².